The Hall–Kier alpha value is -2.93. The molecular weight excluding hydrogens is 268 g/mol. The fourth-order valence-corrected chi connectivity index (χ4v) is 3.60. The van der Waals surface area contributed by atoms with Gasteiger partial charge in [0.1, 0.15) is 0 Å². The molecule has 5 rings (SSSR count). The fourth-order valence-electron chi connectivity index (χ4n) is 3.60. The molecular formula is C21H12O. The molecule has 0 amide bonds. The Labute approximate surface area is 127 Å². The van der Waals surface area contributed by atoms with Gasteiger partial charge in [-0.1, -0.05) is 60.7 Å². The maximum Gasteiger partial charge on any atom is 0.187 e. The predicted molar refractivity (Wildman–Crippen MR) is 90.1 cm³/mol. The van der Waals surface area contributed by atoms with E-state index in [4.69, 9.17) is 0 Å². The van der Waals surface area contributed by atoms with Crippen LogP contribution in [-0.4, -0.2) is 5.78 Å². The quantitative estimate of drug-likeness (QED) is 0.483. The summed E-state index contributed by atoms with van der Waals surface area (Å²) in [5.41, 5.74) is 4.32. The monoisotopic (exact) mass is 280 g/mol. The first-order valence-electron chi connectivity index (χ1n) is 7.42. The standard InChI is InChI=1S/C21H12O/c22-19-7-3-5-14-8-9-15-12-18-16-6-2-1-4-13(16)10-11-17(18)20(15)21(14)19/h1-12H. The highest BCUT2D eigenvalue weighted by Gasteiger charge is 2.21. The molecule has 0 saturated carbocycles. The Kier molecular flexibility index (Phi) is 2.15. The van der Waals surface area contributed by atoms with Crippen LogP contribution in [0, 0.1) is 0 Å². The lowest BCUT2D eigenvalue weighted by molar-refractivity contribution is 0.104. The SMILES string of the molecule is O=C1C=CC=c2ccc3c(c21)-c1ccc2ccccc2c1C=3. The van der Waals surface area contributed by atoms with E-state index in [1.807, 2.05) is 18.2 Å². The number of fused-ring (bicyclic) bond motifs is 7. The van der Waals surface area contributed by atoms with Gasteiger partial charge >= 0.3 is 0 Å². The Morgan fingerprint density at radius 2 is 1.64 bits per heavy atom. The minimum Gasteiger partial charge on any atom is -0.289 e. The molecule has 1 nitrogen and oxygen atoms in total. The molecule has 0 aromatic heterocycles. The second-order valence-corrected chi connectivity index (χ2v) is 5.78. The molecule has 0 bridgehead atoms. The molecule has 0 fully saturated rings. The first-order valence-corrected chi connectivity index (χ1v) is 7.42. The first kappa shape index (κ1) is 11.7. The number of hydrogen-bond acceptors (Lipinski definition) is 1. The second kappa shape index (κ2) is 4.05. The van der Waals surface area contributed by atoms with Crippen LogP contribution in [-0.2, 0) is 0 Å². The molecule has 0 saturated heterocycles. The molecule has 0 atom stereocenters. The van der Waals surface area contributed by atoms with E-state index in [0.717, 1.165) is 21.6 Å². The number of allylic oxidation sites excluding steroid dienone is 2. The van der Waals surface area contributed by atoms with Gasteiger partial charge in [-0.3, -0.25) is 4.79 Å². The van der Waals surface area contributed by atoms with Crippen molar-refractivity contribution < 1.29 is 4.79 Å². The van der Waals surface area contributed by atoms with Gasteiger partial charge in [0.2, 0.25) is 0 Å². The molecule has 0 radical (unpaired) electrons. The van der Waals surface area contributed by atoms with Crippen molar-refractivity contribution in [3.8, 4) is 11.1 Å². The van der Waals surface area contributed by atoms with Crippen molar-refractivity contribution in [2.75, 3.05) is 0 Å². The van der Waals surface area contributed by atoms with Crippen LogP contribution in [0.2, 0.25) is 0 Å². The van der Waals surface area contributed by atoms with Gasteiger partial charge in [0.05, 0.1) is 0 Å². The van der Waals surface area contributed by atoms with Crippen molar-refractivity contribution in [2.24, 2.45) is 0 Å². The summed E-state index contributed by atoms with van der Waals surface area (Å²) in [6, 6.07) is 16.8. The summed E-state index contributed by atoms with van der Waals surface area (Å²) in [6.45, 7) is 0. The third kappa shape index (κ3) is 1.40. The first-order chi connectivity index (χ1) is 10.8. The van der Waals surface area contributed by atoms with Crippen molar-refractivity contribution in [3.63, 3.8) is 0 Å². The second-order valence-electron chi connectivity index (χ2n) is 5.78. The summed E-state index contributed by atoms with van der Waals surface area (Å²) >= 11 is 0. The van der Waals surface area contributed by atoms with E-state index < -0.39 is 0 Å². The van der Waals surface area contributed by atoms with Crippen molar-refractivity contribution >= 4 is 28.7 Å². The predicted octanol–water partition coefficient (Wildman–Crippen LogP) is 3.18. The third-order valence-electron chi connectivity index (χ3n) is 4.58. The van der Waals surface area contributed by atoms with Gasteiger partial charge in [-0.15, -0.1) is 0 Å². The summed E-state index contributed by atoms with van der Waals surface area (Å²) in [6.07, 6.45) is 7.70. The lowest BCUT2D eigenvalue weighted by Gasteiger charge is -2.11. The molecule has 3 aromatic rings. The van der Waals surface area contributed by atoms with E-state index in [1.54, 1.807) is 6.08 Å². The van der Waals surface area contributed by atoms with E-state index in [9.17, 15) is 4.79 Å². The van der Waals surface area contributed by atoms with E-state index >= 15 is 0 Å². The minimum absolute atomic E-state index is 0.101. The molecule has 0 heterocycles. The van der Waals surface area contributed by atoms with E-state index in [1.165, 1.54) is 21.9 Å². The van der Waals surface area contributed by atoms with Crippen molar-refractivity contribution in [3.05, 3.63) is 82.2 Å². The van der Waals surface area contributed by atoms with Crippen molar-refractivity contribution in [1.82, 2.24) is 0 Å². The number of carbonyl (C=O) groups excluding carboxylic acids is 1. The molecule has 0 spiro atoms. The molecule has 102 valence electrons. The van der Waals surface area contributed by atoms with Crippen LogP contribution in [0.25, 0.3) is 34.1 Å². The highest BCUT2D eigenvalue weighted by atomic mass is 16.1. The number of rotatable bonds is 0. The van der Waals surface area contributed by atoms with Crippen molar-refractivity contribution in [2.45, 2.75) is 0 Å². The van der Waals surface area contributed by atoms with Crippen LogP contribution in [0.4, 0.5) is 0 Å². The van der Waals surface area contributed by atoms with Crippen LogP contribution in [0.1, 0.15) is 15.9 Å². The van der Waals surface area contributed by atoms with Crippen molar-refractivity contribution in [1.29, 1.82) is 0 Å². The Morgan fingerprint density at radius 3 is 2.59 bits per heavy atom. The largest absolute Gasteiger partial charge is 0.289 e. The number of ketones is 1. The molecule has 0 aliphatic heterocycles. The highest BCUT2D eigenvalue weighted by molar-refractivity contribution is 6.13. The lowest BCUT2D eigenvalue weighted by atomic mass is 9.91. The Bertz CT molecular complexity index is 1130. The molecule has 1 heteroatoms. The van der Waals surface area contributed by atoms with E-state index in [2.05, 4.69) is 48.5 Å². The van der Waals surface area contributed by atoms with Crippen LogP contribution in [0.15, 0.2) is 60.7 Å². The maximum atomic E-state index is 12.4. The average molecular weight is 280 g/mol. The van der Waals surface area contributed by atoms with Gasteiger partial charge in [-0.25, -0.2) is 0 Å². The summed E-state index contributed by atoms with van der Waals surface area (Å²) in [5, 5.41) is 4.63. The zero-order valence-electron chi connectivity index (χ0n) is 11.8. The zero-order chi connectivity index (χ0) is 14.7. The van der Waals surface area contributed by atoms with Crippen LogP contribution in [0.5, 0.6) is 0 Å². The van der Waals surface area contributed by atoms with Gasteiger partial charge in [0.15, 0.2) is 5.78 Å². The van der Waals surface area contributed by atoms with Crippen LogP contribution in [0.3, 0.4) is 0 Å². The molecule has 0 N–H and O–H groups in total. The smallest absolute Gasteiger partial charge is 0.187 e. The van der Waals surface area contributed by atoms with E-state index in [-0.39, 0.29) is 5.78 Å². The number of carbonyl (C=O) groups is 1. The maximum absolute atomic E-state index is 12.4. The topological polar surface area (TPSA) is 17.1 Å². The number of hydrogen-bond donors (Lipinski definition) is 0. The van der Waals surface area contributed by atoms with Gasteiger partial charge in [-0.05, 0) is 44.5 Å². The normalized spacial score (nSPS) is 14.1. The minimum atomic E-state index is 0.101. The fraction of sp³-hybridized carbons (Fsp3) is 0. The highest BCUT2D eigenvalue weighted by Crippen LogP contribution is 2.34. The van der Waals surface area contributed by atoms with E-state index in [0.29, 0.717) is 0 Å². The average Bonchev–Trinajstić information content (AvgIpc) is 2.94. The van der Waals surface area contributed by atoms with Gasteiger partial charge in [-0.2, -0.15) is 0 Å². The molecule has 0 unspecified atom stereocenters. The zero-order valence-corrected chi connectivity index (χ0v) is 11.8. The number of benzene rings is 3. The van der Waals surface area contributed by atoms with Gasteiger partial charge < -0.3 is 0 Å². The summed E-state index contributed by atoms with van der Waals surface area (Å²) in [4.78, 5) is 12.4. The van der Waals surface area contributed by atoms with Gasteiger partial charge in [0, 0.05) is 11.1 Å². The molecule has 2 aliphatic carbocycles. The van der Waals surface area contributed by atoms with Gasteiger partial charge in [0.25, 0.3) is 0 Å². The van der Waals surface area contributed by atoms with Crippen LogP contribution >= 0.6 is 0 Å². The summed E-state index contributed by atoms with van der Waals surface area (Å²) < 4.78 is 0. The van der Waals surface area contributed by atoms with Crippen LogP contribution < -0.4 is 10.4 Å². The summed E-state index contributed by atoms with van der Waals surface area (Å²) in [5.74, 6) is 0.101. The lowest BCUT2D eigenvalue weighted by Crippen LogP contribution is -2.22. The third-order valence-corrected chi connectivity index (χ3v) is 4.58. The molecule has 2 aliphatic rings. The Morgan fingerprint density at radius 1 is 0.773 bits per heavy atom. The molecule has 3 aromatic carbocycles. The summed E-state index contributed by atoms with van der Waals surface area (Å²) in [7, 11) is 0. The molecule has 22 heavy (non-hydrogen) atoms. The Balaban J connectivity index is 1.96.